The molecule has 0 saturated carbocycles. The fourth-order valence-electron chi connectivity index (χ4n) is 1.19. The zero-order valence-electron chi connectivity index (χ0n) is 7.92. The highest BCUT2D eigenvalue weighted by Gasteiger charge is 2.18. The van der Waals surface area contributed by atoms with Crippen molar-refractivity contribution in [3.63, 3.8) is 0 Å². The standard InChI is InChI=1S/C10H11NO4/c11-10(14)15-8(6-9(12)13)7-4-2-1-3-5-7/h1-5,8H,6H2,(H2,11,14)(H,12,13). The van der Waals surface area contributed by atoms with Gasteiger partial charge in [-0.25, -0.2) is 4.79 Å². The summed E-state index contributed by atoms with van der Waals surface area (Å²) in [6.45, 7) is 0. The molecule has 0 aliphatic heterocycles. The third-order valence-corrected chi connectivity index (χ3v) is 1.79. The fraction of sp³-hybridized carbons (Fsp3) is 0.200. The molecule has 1 aromatic rings. The molecule has 5 heteroatoms. The molecule has 1 amide bonds. The van der Waals surface area contributed by atoms with E-state index in [1.165, 1.54) is 0 Å². The SMILES string of the molecule is NC(=O)OC(CC(=O)O)c1ccccc1. The number of carbonyl (C=O) groups is 2. The minimum Gasteiger partial charge on any atom is -0.481 e. The summed E-state index contributed by atoms with van der Waals surface area (Å²) in [5, 5.41) is 8.63. The van der Waals surface area contributed by atoms with Crippen LogP contribution in [0.1, 0.15) is 18.1 Å². The van der Waals surface area contributed by atoms with Gasteiger partial charge in [-0.2, -0.15) is 0 Å². The van der Waals surface area contributed by atoms with E-state index >= 15 is 0 Å². The summed E-state index contributed by atoms with van der Waals surface area (Å²) in [7, 11) is 0. The van der Waals surface area contributed by atoms with Gasteiger partial charge in [0.25, 0.3) is 0 Å². The largest absolute Gasteiger partial charge is 0.481 e. The van der Waals surface area contributed by atoms with Crippen LogP contribution in [0.4, 0.5) is 4.79 Å². The number of hydrogen-bond acceptors (Lipinski definition) is 3. The summed E-state index contributed by atoms with van der Waals surface area (Å²) in [4.78, 5) is 21.1. The van der Waals surface area contributed by atoms with Gasteiger partial charge in [0.15, 0.2) is 0 Å². The summed E-state index contributed by atoms with van der Waals surface area (Å²) in [5.41, 5.74) is 5.46. The Kier molecular flexibility index (Phi) is 3.68. The lowest BCUT2D eigenvalue weighted by Gasteiger charge is -2.14. The predicted octanol–water partition coefficient (Wildman–Crippen LogP) is 1.30. The summed E-state index contributed by atoms with van der Waals surface area (Å²) < 4.78 is 4.71. The molecular weight excluding hydrogens is 198 g/mol. The summed E-state index contributed by atoms with van der Waals surface area (Å²) in [6, 6.07) is 8.60. The van der Waals surface area contributed by atoms with Gasteiger partial charge in [0, 0.05) is 0 Å². The maximum absolute atomic E-state index is 10.6. The Hall–Kier alpha value is -2.04. The Morgan fingerprint density at radius 2 is 1.93 bits per heavy atom. The van der Waals surface area contributed by atoms with Crippen molar-refractivity contribution in [1.82, 2.24) is 0 Å². The molecule has 5 nitrogen and oxygen atoms in total. The average molecular weight is 209 g/mol. The van der Waals surface area contributed by atoms with Crippen molar-refractivity contribution in [2.45, 2.75) is 12.5 Å². The second-order valence-corrected chi connectivity index (χ2v) is 2.93. The van der Waals surface area contributed by atoms with E-state index in [2.05, 4.69) is 0 Å². The Labute approximate surface area is 86.5 Å². The molecule has 1 unspecified atom stereocenters. The molecule has 80 valence electrons. The zero-order valence-corrected chi connectivity index (χ0v) is 7.92. The van der Waals surface area contributed by atoms with Crippen LogP contribution < -0.4 is 5.73 Å². The molecule has 3 N–H and O–H groups in total. The fourth-order valence-corrected chi connectivity index (χ4v) is 1.19. The van der Waals surface area contributed by atoms with E-state index in [1.54, 1.807) is 30.3 Å². The van der Waals surface area contributed by atoms with E-state index in [4.69, 9.17) is 15.6 Å². The van der Waals surface area contributed by atoms with E-state index in [9.17, 15) is 9.59 Å². The number of amides is 1. The van der Waals surface area contributed by atoms with Crippen LogP contribution >= 0.6 is 0 Å². The van der Waals surface area contributed by atoms with Gasteiger partial charge >= 0.3 is 12.1 Å². The van der Waals surface area contributed by atoms with Gasteiger partial charge in [-0.1, -0.05) is 30.3 Å². The van der Waals surface area contributed by atoms with Crippen molar-refractivity contribution < 1.29 is 19.4 Å². The molecule has 0 radical (unpaired) electrons. The van der Waals surface area contributed by atoms with Gasteiger partial charge < -0.3 is 15.6 Å². The van der Waals surface area contributed by atoms with Crippen LogP contribution in [0.15, 0.2) is 30.3 Å². The molecule has 0 spiro atoms. The van der Waals surface area contributed by atoms with Crippen LogP contribution in [-0.2, 0) is 9.53 Å². The Morgan fingerprint density at radius 1 is 1.33 bits per heavy atom. The molecule has 0 bridgehead atoms. The number of carbonyl (C=O) groups excluding carboxylic acids is 1. The van der Waals surface area contributed by atoms with Crippen molar-refractivity contribution in [1.29, 1.82) is 0 Å². The lowest BCUT2D eigenvalue weighted by Crippen LogP contribution is -2.19. The van der Waals surface area contributed by atoms with Gasteiger partial charge in [0.05, 0.1) is 6.42 Å². The maximum Gasteiger partial charge on any atom is 0.405 e. The van der Waals surface area contributed by atoms with Crippen molar-refractivity contribution in [2.24, 2.45) is 5.73 Å². The highest BCUT2D eigenvalue weighted by molar-refractivity contribution is 5.69. The first-order valence-electron chi connectivity index (χ1n) is 4.32. The van der Waals surface area contributed by atoms with Gasteiger partial charge in [-0.05, 0) is 5.56 Å². The first-order valence-corrected chi connectivity index (χ1v) is 4.32. The lowest BCUT2D eigenvalue weighted by atomic mass is 10.1. The molecular formula is C10H11NO4. The number of hydrogen-bond donors (Lipinski definition) is 2. The van der Waals surface area contributed by atoms with E-state index in [1.807, 2.05) is 0 Å². The number of benzene rings is 1. The normalized spacial score (nSPS) is 11.7. The molecule has 0 aliphatic rings. The molecule has 1 aromatic carbocycles. The van der Waals surface area contributed by atoms with Gasteiger partial charge in [-0.3, -0.25) is 4.79 Å². The van der Waals surface area contributed by atoms with Gasteiger partial charge in [0.1, 0.15) is 6.10 Å². The Morgan fingerprint density at radius 3 is 2.40 bits per heavy atom. The van der Waals surface area contributed by atoms with Crippen LogP contribution in [0, 0.1) is 0 Å². The van der Waals surface area contributed by atoms with Gasteiger partial charge in [-0.15, -0.1) is 0 Å². The van der Waals surface area contributed by atoms with Gasteiger partial charge in [0.2, 0.25) is 0 Å². The van der Waals surface area contributed by atoms with Crippen LogP contribution in [-0.4, -0.2) is 17.2 Å². The molecule has 1 rings (SSSR count). The molecule has 0 fully saturated rings. The number of rotatable bonds is 4. The summed E-state index contributed by atoms with van der Waals surface area (Å²) in [5.74, 6) is -1.05. The molecule has 0 aliphatic carbocycles. The van der Waals surface area contributed by atoms with Crippen molar-refractivity contribution >= 4 is 12.1 Å². The van der Waals surface area contributed by atoms with E-state index in [0.29, 0.717) is 5.56 Å². The van der Waals surface area contributed by atoms with Crippen LogP contribution in [0.25, 0.3) is 0 Å². The summed E-state index contributed by atoms with van der Waals surface area (Å²) >= 11 is 0. The van der Waals surface area contributed by atoms with Crippen LogP contribution in [0.5, 0.6) is 0 Å². The lowest BCUT2D eigenvalue weighted by molar-refractivity contribution is -0.139. The van der Waals surface area contributed by atoms with Crippen molar-refractivity contribution in [3.8, 4) is 0 Å². The number of ether oxygens (including phenoxy) is 1. The Balaban J connectivity index is 2.81. The molecule has 1 atom stereocenters. The molecule has 0 heterocycles. The van der Waals surface area contributed by atoms with Crippen LogP contribution in [0.3, 0.4) is 0 Å². The van der Waals surface area contributed by atoms with Crippen LogP contribution in [0.2, 0.25) is 0 Å². The van der Waals surface area contributed by atoms with E-state index in [0.717, 1.165) is 0 Å². The van der Waals surface area contributed by atoms with E-state index in [-0.39, 0.29) is 6.42 Å². The molecule has 0 saturated heterocycles. The average Bonchev–Trinajstić information content (AvgIpc) is 2.17. The zero-order chi connectivity index (χ0) is 11.3. The first-order chi connectivity index (χ1) is 7.09. The highest BCUT2D eigenvalue weighted by Crippen LogP contribution is 2.20. The third-order valence-electron chi connectivity index (χ3n) is 1.79. The minimum atomic E-state index is -1.05. The molecule has 0 aromatic heterocycles. The Bertz CT molecular complexity index is 334. The number of aliphatic carboxylic acids is 1. The van der Waals surface area contributed by atoms with Crippen molar-refractivity contribution in [3.05, 3.63) is 35.9 Å². The predicted molar refractivity (Wildman–Crippen MR) is 52.1 cm³/mol. The minimum absolute atomic E-state index is 0.299. The monoisotopic (exact) mass is 209 g/mol. The number of primary amides is 1. The summed E-state index contributed by atoms with van der Waals surface area (Å²) in [6.07, 6.45) is -2.11. The van der Waals surface area contributed by atoms with Crippen molar-refractivity contribution in [2.75, 3.05) is 0 Å². The highest BCUT2D eigenvalue weighted by atomic mass is 16.6. The second-order valence-electron chi connectivity index (χ2n) is 2.93. The number of nitrogens with two attached hydrogens (primary N) is 1. The second kappa shape index (κ2) is 4.99. The smallest absolute Gasteiger partial charge is 0.405 e. The molecule has 15 heavy (non-hydrogen) atoms. The quantitative estimate of drug-likeness (QED) is 0.781. The third kappa shape index (κ3) is 3.68. The van der Waals surface area contributed by atoms with E-state index < -0.39 is 18.2 Å². The maximum atomic E-state index is 10.6. The topological polar surface area (TPSA) is 89.6 Å². The number of carboxylic acids is 1. The number of carboxylic acid groups (broad SMARTS) is 1. The first kappa shape index (κ1) is 11.0.